The minimum atomic E-state index is -2.13. The zero-order chi connectivity index (χ0) is 25.2. The number of carbonyl (C=O) groups excluding carboxylic acids is 1. The van der Waals surface area contributed by atoms with Crippen LogP contribution in [0.1, 0.15) is 33.9 Å². The van der Waals surface area contributed by atoms with Crippen LogP contribution < -0.4 is 5.32 Å². The van der Waals surface area contributed by atoms with Crippen molar-refractivity contribution in [3.8, 4) is 11.5 Å². The van der Waals surface area contributed by atoms with E-state index in [2.05, 4.69) is 115 Å². The number of hydrogen-bond donors (Lipinski definition) is 1. The summed E-state index contributed by atoms with van der Waals surface area (Å²) in [5.74, 6) is 2.81. The molecule has 4 rings (SSSR count). The number of benzene rings is 4. The highest BCUT2D eigenvalue weighted by molar-refractivity contribution is 6.85. The number of carbonyl (C=O) groups is 1. The first kappa shape index (κ1) is 25.2. The Morgan fingerprint density at radius 1 is 0.722 bits per heavy atom. The predicted octanol–water partition coefficient (Wildman–Crippen LogP) is 6.58. The van der Waals surface area contributed by atoms with E-state index in [-0.39, 0.29) is 11.9 Å². The lowest BCUT2D eigenvalue weighted by molar-refractivity contribution is -0.116. The SMILES string of the molecule is Cc1ccc(CC(NC(=O)C#C[Si](C)(Cc2ccccc2)Cc2ccccc2)c2ccccc2)cc1. The van der Waals surface area contributed by atoms with Gasteiger partial charge in [-0.3, -0.25) is 4.79 Å². The van der Waals surface area contributed by atoms with Gasteiger partial charge in [0.2, 0.25) is 0 Å². The van der Waals surface area contributed by atoms with E-state index in [1.165, 1.54) is 22.3 Å². The van der Waals surface area contributed by atoms with Crippen LogP contribution in [0.2, 0.25) is 6.55 Å². The smallest absolute Gasteiger partial charge is 0.295 e. The van der Waals surface area contributed by atoms with E-state index in [4.69, 9.17) is 0 Å². The monoisotopic (exact) mass is 487 g/mol. The molecule has 0 aliphatic carbocycles. The van der Waals surface area contributed by atoms with Gasteiger partial charge in [0, 0.05) is 0 Å². The Hall–Kier alpha value is -3.87. The average molecular weight is 488 g/mol. The summed E-state index contributed by atoms with van der Waals surface area (Å²) in [5.41, 5.74) is 9.55. The van der Waals surface area contributed by atoms with Crippen LogP contribution >= 0.6 is 0 Å². The van der Waals surface area contributed by atoms with Gasteiger partial charge >= 0.3 is 0 Å². The van der Waals surface area contributed by atoms with Crippen molar-refractivity contribution in [2.24, 2.45) is 0 Å². The predicted molar refractivity (Wildman–Crippen MR) is 152 cm³/mol. The first-order valence-electron chi connectivity index (χ1n) is 12.5. The first-order chi connectivity index (χ1) is 17.5. The summed E-state index contributed by atoms with van der Waals surface area (Å²) in [6.07, 6.45) is 0.723. The first-order valence-corrected chi connectivity index (χ1v) is 15.4. The van der Waals surface area contributed by atoms with E-state index < -0.39 is 8.07 Å². The van der Waals surface area contributed by atoms with Crippen LogP contribution in [-0.4, -0.2) is 14.0 Å². The molecule has 1 unspecified atom stereocenters. The topological polar surface area (TPSA) is 29.1 Å². The van der Waals surface area contributed by atoms with Crippen LogP contribution in [0.25, 0.3) is 0 Å². The molecule has 4 aromatic carbocycles. The highest BCUT2D eigenvalue weighted by atomic mass is 28.3. The Morgan fingerprint density at radius 2 is 1.22 bits per heavy atom. The quantitative estimate of drug-likeness (QED) is 0.221. The van der Waals surface area contributed by atoms with E-state index in [1.54, 1.807) is 0 Å². The molecule has 0 aliphatic heterocycles. The fourth-order valence-corrected chi connectivity index (χ4v) is 7.53. The fraction of sp³-hybridized carbons (Fsp3) is 0.182. The molecule has 0 aliphatic rings. The number of amides is 1. The lowest BCUT2D eigenvalue weighted by Crippen LogP contribution is -2.37. The number of rotatable bonds is 8. The molecular weight excluding hydrogens is 454 g/mol. The van der Waals surface area contributed by atoms with Crippen molar-refractivity contribution in [2.45, 2.75) is 38.0 Å². The molecule has 1 N–H and O–H groups in total. The summed E-state index contributed by atoms with van der Waals surface area (Å²) < 4.78 is 0. The maximum absolute atomic E-state index is 13.2. The van der Waals surface area contributed by atoms with Gasteiger partial charge in [-0.05, 0) is 53.6 Å². The van der Waals surface area contributed by atoms with Crippen molar-refractivity contribution in [1.29, 1.82) is 0 Å². The third kappa shape index (κ3) is 7.56. The molecule has 36 heavy (non-hydrogen) atoms. The maximum atomic E-state index is 13.2. The van der Waals surface area contributed by atoms with Gasteiger partial charge < -0.3 is 5.32 Å². The van der Waals surface area contributed by atoms with Crippen molar-refractivity contribution in [2.75, 3.05) is 0 Å². The maximum Gasteiger partial charge on any atom is 0.295 e. The largest absolute Gasteiger partial charge is 0.338 e. The van der Waals surface area contributed by atoms with E-state index in [0.717, 1.165) is 24.1 Å². The Bertz CT molecular complexity index is 1260. The lowest BCUT2D eigenvalue weighted by Gasteiger charge is -2.22. The summed E-state index contributed by atoms with van der Waals surface area (Å²) >= 11 is 0. The number of hydrogen-bond acceptors (Lipinski definition) is 1. The standard InChI is InChI=1S/C33H33NOSi/c1-27-18-20-28(21-19-27)24-32(31-16-10-5-11-17-31)34-33(35)22-23-36(2,25-29-12-6-3-7-13-29)26-30-14-8-4-9-15-30/h3-21,32H,24-26H2,1-2H3,(H,34,35). The number of nitrogens with one attached hydrogen (secondary N) is 1. The second kappa shape index (κ2) is 12.2. The normalized spacial score (nSPS) is 11.7. The molecule has 4 aromatic rings. The number of aryl methyl sites for hydroxylation is 1. The van der Waals surface area contributed by atoms with Crippen molar-refractivity contribution < 1.29 is 4.79 Å². The third-order valence-electron chi connectivity index (χ3n) is 6.42. The van der Waals surface area contributed by atoms with Gasteiger partial charge in [-0.15, -0.1) is 5.54 Å². The van der Waals surface area contributed by atoms with Gasteiger partial charge in [-0.25, -0.2) is 0 Å². The van der Waals surface area contributed by atoms with Gasteiger partial charge in [-0.2, -0.15) is 0 Å². The Morgan fingerprint density at radius 3 is 1.75 bits per heavy atom. The van der Waals surface area contributed by atoms with Gasteiger partial charge in [-0.1, -0.05) is 127 Å². The van der Waals surface area contributed by atoms with Crippen molar-refractivity contribution in [3.05, 3.63) is 143 Å². The van der Waals surface area contributed by atoms with Crippen LogP contribution in [0, 0.1) is 18.4 Å². The molecule has 180 valence electrons. The Kier molecular flexibility index (Phi) is 8.55. The van der Waals surface area contributed by atoms with Crippen LogP contribution in [-0.2, 0) is 23.3 Å². The molecule has 0 fully saturated rings. The van der Waals surface area contributed by atoms with E-state index in [9.17, 15) is 4.79 Å². The van der Waals surface area contributed by atoms with Gasteiger partial charge in [0.15, 0.2) is 0 Å². The van der Waals surface area contributed by atoms with Crippen molar-refractivity contribution >= 4 is 14.0 Å². The minimum Gasteiger partial charge on any atom is -0.338 e. The molecule has 1 atom stereocenters. The highest BCUT2D eigenvalue weighted by Crippen LogP contribution is 2.20. The molecule has 0 heterocycles. The molecule has 1 amide bonds. The second-order valence-electron chi connectivity index (χ2n) is 9.76. The minimum absolute atomic E-state index is 0.133. The Balaban J connectivity index is 1.55. The molecule has 0 aromatic heterocycles. The van der Waals surface area contributed by atoms with E-state index in [1.807, 2.05) is 30.3 Å². The van der Waals surface area contributed by atoms with Gasteiger partial charge in [0.05, 0.1) is 6.04 Å². The summed E-state index contributed by atoms with van der Waals surface area (Å²) in [5, 5.41) is 3.21. The summed E-state index contributed by atoms with van der Waals surface area (Å²) in [4.78, 5) is 13.2. The molecule has 2 nitrogen and oxygen atoms in total. The molecule has 3 heteroatoms. The average Bonchev–Trinajstić information content (AvgIpc) is 2.90. The van der Waals surface area contributed by atoms with Gasteiger partial charge in [0.1, 0.15) is 8.07 Å². The van der Waals surface area contributed by atoms with Crippen molar-refractivity contribution in [3.63, 3.8) is 0 Å². The molecule has 0 spiro atoms. The fourth-order valence-electron chi connectivity index (χ4n) is 4.54. The van der Waals surface area contributed by atoms with E-state index in [0.29, 0.717) is 0 Å². The van der Waals surface area contributed by atoms with Crippen LogP contribution in [0.15, 0.2) is 115 Å². The molecule has 0 radical (unpaired) electrons. The zero-order valence-electron chi connectivity index (χ0n) is 21.1. The highest BCUT2D eigenvalue weighted by Gasteiger charge is 2.27. The van der Waals surface area contributed by atoms with Crippen LogP contribution in [0.3, 0.4) is 0 Å². The van der Waals surface area contributed by atoms with Crippen molar-refractivity contribution in [1.82, 2.24) is 5.32 Å². The van der Waals surface area contributed by atoms with Gasteiger partial charge in [0.25, 0.3) is 5.91 Å². The second-order valence-corrected chi connectivity index (χ2v) is 13.8. The lowest BCUT2D eigenvalue weighted by atomic mass is 9.98. The molecule has 0 saturated heterocycles. The van der Waals surface area contributed by atoms with E-state index >= 15 is 0 Å². The van der Waals surface area contributed by atoms with Crippen LogP contribution in [0.5, 0.6) is 0 Å². The summed E-state index contributed by atoms with van der Waals surface area (Å²) in [7, 11) is -2.13. The van der Waals surface area contributed by atoms with Crippen LogP contribution in [0.4, 0.5) is 0 Å². The third-order valence-corrected chi connectivity index (χ3v) is 9.53. The zero-order valence-corrected chi connectivity index (χ0v) is 22.1. The summed E-state index contributed by atoms with van der Waals surface area (Å²) in [6, 6.07) is 41.3. The Labute approximate surface area is 216 Å². The molecule has 0 bridgehead atoms. The summed E-state index contributed by atoms with van der Waals surface area (Å²) in [6.45, 7) is 4.37. The molecule has 0 saturated carbocycles. The molecular formula is C33H33NOSi.